The molecule has 26 heavy (non-hydrogen) atoms. The van der Waals surface area contributed by atoms with Crippen molar-refractivity contribution in [3.05, 3.63) is 35.4 Å². The molecule has 1 aromatic carbocycles. The lowest BCUT2D eigenvalue weighted by Crippen LogP contribution is -2.48. The second kappa shape index (κ2) is 7.66. The number of guanidine groups is 1. The van der Waals surface area contributed by atoms with Gasteiger partial charge in [-0.1, -0.05) is 24.3 Å². The van der Waals surface area contributed by atoms with Gasteiger partial charge in [-0.15, -0.1) is 0 Å². The average Bonchev–Trinajstić information content (AvgIpc) is 3.29. The summed E-state index contributed by atoms with van der Waals surface area (Å²) < 4.78 is 5.90. The number of nitrogens with one attached hydrogen (secondary N) is 2. The van der Waals surface area contributed by atoms with Crippen LogP contribution in [0.5, 0.6) is 0 Å². The molecule has 0 aliphatic carbocycles. The number of amides is 1. The number of nitrogens with zero attached hydrogens (tertiary/aromatic N) is 2. The van der Waals surface area contributed by atoms with E-state index in [9.17, 15) is 4.79 Å². The summed E-state index contributed by atoms with van der Waals surface area (Å²) in [6, 6.07) is 8.67. The Morgan fingerprint density at radius 3 is 2.88 bits per heavy atom. The van der Waals surface area contributed by atoms with E-state index in [0.717, 1.165) is 38.3 Å². The van der Waals surface area contributed by atoms with Crippen LogP contribution in [0.4, 0.5) is 0 Å². The fraction of sp³-hybridized carbons (Fsp3) is 0.600. The van der Waals surface area contributed by atoms with Gasteiger partial charge >= 0.3 is 0 Å². The van der Waals surface area contributed by atoms with E-state index in [1.165, 1.54) is 17.5 Å². The smallest absolute Gasteiger partial charge is 0.244 e. The van der Waals surface area contributed by atoms with Crippen molar-refractivity contribution in [2.45, 2.75) is 57.4 Å². The van der Waals surface area contributed by atoms with E-state index in [1.807, 2.05) is 17.9 Å². The first kappa shape index (κ1) is 17.3. The number of fused-ring (bicyclic) bond motifs is 3. The normalized spacial score (nSPS) is 27.3. The highest BCUT2D eigenvalue weighted by Crippen LogP contribution is 2.34. The summed E-state index contributed by atoms with van der Waals surface area (Å²) >= 11 is 0. The van der Waals surface area contributed by atoms with Crippen LogP contribution in [0.1, 0.15) is 37.3 Å². The number of carbonyl (C=O) groups excluding carboxylic acids is 1. The molecule has 0 spiro atoms. The molecule has 0 aromatic heterocycles. The van der Waals surface area contributed by atoms with E-state index >= 15 is 0 Å². The lowest BCUT2D eigenvalue weighted by atomic mass is 9.96. The maximum atomic E-state index is 12.6. The molecule has 4 rings (SSSR count). The van der Waals surface area contributed by atoms with Crippen molar-refractivity contribution in [2.75, 3.05) is 19.6 Å². The zero-order valence-corrected chi connectivity index (χ0v) is 15.4. The van der Waals surface area contributed by atoms with Crippen LogP contribution in [0.15, 0.2) is 29.3 Å². The summed E-state index contributed by atoms with van der Waals surface area (Å²) in [5.41, 5.74) is 2.60. The molecule has 3 heterocycles. The third-order valence-corrected chi connectivity index (χ3v) is 5.63. The molecular formula is C20H28N4O2. The standard InChI is InChI=1S/C20H28N4O2/c1-2-21-20(23-17-11-16-7-8-18(17)26-16)22-12-19(25)24-10-9-14-5-3-4-6-15(14)13-24/h3-6,16-18H,2,7-13H2,1H3,(H2,21,22,23). The summed E-state index contributed by atoms with van der Waals surface area (Å²) in [6.07, 6.45) is 4.94. The quantitative estimate of drug-likeness (QED) is 0.633. The largest absolute Gasteiger partial charge is 0.373 e. The van der Waals surface area contributed by atoms with Crippen LogP contribution in [0, 0.1) is 0 Å². The van der Waals surface area contributed by atoms with Crippen molar-refractivity contribution in [1.29, 1.82) is 0 Å². The first-order valence-electron chi connectivity index (χ1n) is 9.78. The molecular weight excluding hydrogens is 328 g/mol. The van der Waals surface area contributed by atoms with Gasteiger partial charge in [0.05, 0.1) is 18.2 Å². The molecule has 2 fully saturated rings. The Morgan fingerprint density at radius 1 is 1.31 bits per heavy atom. The average molecular weight is 356 g/mol. The van der Waals surface area contributed by atoms with E-state index in [4.69, 9.17) is 4.74 Å². The summed E-state index contributed by atoms with van der Waals surface area (Å²) in [7, 11) is 0. The third-order valence-electron chi connectivity index (χ3n) is 5.63. The SMILES string of the molecule is CCNC(=NCC(=O)N1CCc2ccccc2C1)NC1CC2CCC1O2. The summed E-state index contributed by atoms with van der Waals surface area (Å²) in [5, 5.41) is 6.72. The number of ether oxygens (including phenoxy) is 1. The van der Waals surface area contributed by atoms with Gasteiger partial charge in [0.1, 0.15) is 6.54 Å². The van der Waals surface area contributed by atoms with Crippen LogP contribution in [0.3, 0.4) is 0 Å². The molecule has 2 N–H and O–H groups in total. The van der Waals surface area contributed by atoms with Crippen LogP contribution in [-0.4, -0.2) is 54.7 Å². The van der Waals surface area contributed by atoms with Gasteiger partial charge in [-0.05, 0) is 43.7 Å². The van der Waals surface area contributed by atoms with Crippen LogP contribution in [0.2, 0.25) is 0 Å². The molecule has 2 saturated heterocycles. The first-order chi connectivity index (χ1) is 12.7. The number of aliphatic imine (C=N–C) groups is 1. The van der Waals surface area contributed by atoms with E-state index in [-0.39, 0.29) is 18.6 Å². The fourth-order valence-corrected chi connectivity index (χ4v) is 4.24. The van der Waals surface area contributed by atoms with Crippen molar-refractivity contribution < 1.29 is 9.53 Å². The van der Waals surface area contributed by atoms with Gasteiger partial charge in [-0.3, -0.25) is 4.79 Å². The van der Waals surface area contributed by atoms with Crippen molar-refractivity contribution in [3.8, 4) is 0 Å². The number of rotatable bonds is 4. The highest BCUT2D eigenvalue weighted by atomic mass is 16.5. The molecule has 6 heteroatoms. The summed E-state index contributed by atoms with van der Waals surface area (Å²) in [6.45, 7) is 4.46. The monoisotopic (exact) mass is 356 g/mol. The highest BCUT2D eigenvalue weighted by Gasteiger charge is 2.41. The van der Waals surface area contributed by atoms with E-state index in [0.29, 0.717) is 18.7 Å². The lowest BCUT2D eigenvalue weighted by Gasteiger charge is -2.28. The van der Waals surface area contributed by atoms with E-state index in [1.54, 1.807) is 0 Å². The molecule has 3 atom stereocenters. The van der Waals surface area contributed by atoms with Gasteiger partial charge in [0.25, 0.3) is 0 Å². The fourth-order valence-electron chi connectivity index (χ4n) is 4.24. The molecule has 1 aromatic rings. The highest BCUT2D eigenvalue weighted by molar-refractivity contribution is 5.85. The zero-order chi connectivity index (χ0) is 17.9. The minimum atomic E-state index is 0.0842. The number of benzene rings is 1. The Kier molecular flexibility index (Phi) is 5.11. The second-order valence-electron chi connectivity index (χ2n) is 7.39. The molecule has 1 amide bonds. The van der Waals surface area contributed by atoms with Gasteiger partial charge < -0.3 is 20.3 Å². The van der Waals surface area contributed by atoms with Crippen LogP contribution < -0.4 is 10.6 Å². The molecule has 0 radical (unpaired) electrons. The minimum Gasteiger partial charge on any atom is -0.373 e. The first-order valence-corrected chi connectivity index (χ1v) is 9.78. The second-order valence-corrected chi connectivity index (χ2v) is 7.39. The topological polar surface area (TPSA) is 66.0 Å². The third kappa shape index (κ3) is 3.70. The maximum Gasteiger partial charge on any atom is 0.244 e. The van der Waals surface area contributed by atoms with Crippen LogP contribution >= 0.6 is 0 Å². The Balaban J connectivity index is 1.34. The number of carbonyl (C=O) groups is 1. The van der Waals surface area contributed by atoms with Gasteiger partial charge in [-0.2, -0.15) is 0 Å². The Hall–Kier alpha value is -2.08. The van der Waals surface area contributed by atoms with Crippen LogP contribution in [0.25, 0.3) is 0 Å². The molecule has 3 aliphatic rings. The molecule has 6 nitrogen and oxygen atoms in total. The van der Waals surface area contributed by atoms with Gasteiger partial charge in [0.15, 0.2) is 5.96 Å². The Labute approximate surface area is 155 Å². The Bertz CT molecular complexity index is 690. The van der Waals surface area contributed by atoms with Crippen molar-refractivity contribution in [1.82, 2.24) is 15.5 Å². The lowest BCUT2D eigenvalue weighted by molar-refractivity contribution is -0.130. The number of hydrogen-bond donors (Lipinski definition) is 2. The predicted molar refractivity (Wildman–Crippen MR) is 101 cm³/mol. The van der Waals surface area contributed by atoms with Crippen molar-refractivity contribution >= 4 is 11.9 Å². The van der Waals surface area contributed by atoms with E-state index in [2.05, 4.69) is 33.8 Å². The molecule has 2 bridgehead atoms. The van der Waals surface area contributed by atoms with Crippen molar-refractivity contribution in [3.63, 3.8) is 0 Å². The summed E-state index contributed by atoms with van der Waals surface area (Å²) in [5.74, 6) is 0.806. The molecule has 3 aliphatic heterocycles. The summed E-state index contributed by atoms with van der Waals surface area (Å²) in [4.78, 5) is 19.1. The minimum absolute atomic E-state index is 0.0842. The molecule has 0 saturated carbocycles. The maximum absolute atomic E-state index is 12.6. The van der Waals surface area contributed by atoms with Gasteiger partial charge in [-0.25, -0.2) is 4.99 Å². The van der Waals surface area contributed by atoms with Gasteiger partial charge in [0, 0.05) is 19.6 Å². The van der Waals surface area contributed by atoms with Crippen LogP contribution in [-0.2, 0) is 22.5 Å². The van der Waals surface area contributed by atoms with Gasteiger partial charge in [0.2, 0.25) is 5.91 Å². The van der Waals surface area contributed by atoms with Crippen molar-refractivity contribution in [2.24, 2.45) is 4.99 Å². The Morgan fingerprint density at radius 2 is 2.15 bits per heavy atom. The molecule has 140 valence electrons. The predicted octanol–water partition coefficient (Wildman–Crippen LogP) is 1.45. The molecule has 3 unspecified atom stereocenters. The number of hydrogen-bond acceptors (Lipinski definition) is 3. The van der Waals surface area contributed by atoms with E-state index < -0.39 is 0 Å². The zero-order valence-electron chi connectivity index (χ0n) is 15.4.